The number of aromatic nitrogens is 2. The molecule has 3 aromatic rings. The zero-order valence-corrected chi connectivity index (χ0v) is 9.31. The van der Waals surface area contributed by atoms with Gasteiger partial charge in [-0.05, 0) is 25.1 Å². The van der Waals surface area contributed by atoms with Crippen LogP contribution in [0.1, 0.15) is 5.01 Å². The Bertz CT molecular complexity index is 638. The number of rotatable bonds is 1. The number of H-pyrrole nitrogens is 1. The van der Waals surface area contributed by atoms with Crippen molar-refractivity contribution in [3.05, 3.63) is 23.2 Å². The van der Waals surface area contributed by atoms with E-state index >= 15 is 0 Å². The van der Waals surface area contributed by atoms with E-state index in [1.807, 2.05) is 25.1 Å². The largest absolute Gasteiger partial charge is 0.497 e. The van der Waals surface area contributed by atoms with Crippen molar-refractivity contribution in [3.8, 4) is 5.75 Å². The molecule has 0 bridgehead atoms. The van der Waals surface area contributed by atoms with Crippen LogP contribution >= 0.6 is 11.3 Å². The zero-order valence-electron chi connectivity index (χ0n) is 8.50. The highest BCUT2D eigenvalue weighted by atomic mass is 32.1. The van der Waals surface area contributed by atoms with Crippen molar-refractivity contribution in [1.29, 1.82) is 0 Å². The summed E-state index contributed by atoms with van der Waals surface area (Å²) in [6.45, 7) is 2.02. The number of hydrogen-bond acceptors (Lipinski definition) is 3. The van der Waals surface area contributed by atoms with Crippen LogP contribution in [0.5, 0.6) is 5.75 Å². The molecule has 0 aliphatic heterocycles. The topological polar surface area (TPSA) is 37.9 Å². The Morgan fingerprint density at radius 3 is 3.07 bits per heavy atom. The molecule has 0 saturated carbocycles. The van der Waals surface area contributed by atoms with Crippen LogP contribution in [-0.4, -0.2) is 17.1 Å². The lowest BCUT2D eigenvalue weighted by atomic mass is 10.2. The minimum atomic E-state index is 0.869. The SMILES string of the molecule is COc1ccc2[nH]c3sc(C)nc3c2c1. The predicted molar refractivity (Wildman–Crippen MR) is 62.8 cm³/mol. The smallest absolute Gasteiger partial charge is 0.121 e. The summed E-state index contributed by atoms with van der Waals surface area (Å²) in [5.74, 6) is 0.869. The number of fused-ring (bicyclic) bond motifs is 3. The van der Waals surface area contributed by atoms with Gasteiger partial charge in [0.05, 0.1) is 12.1 Å². The molecule has 4 heteroatoms. The van der Waals surface area contributed by atoms with Gasteiger partial charge in [-0.25, -0.2) is 4.98 Å². The average molecular weight is 218 g/mol. The van der Waals surface area contributed by atoms with Crippen molar-refractivity contribution in [3.63, 3.8) is 0 Å². The Balaban J connectivity index is 2.43. The molecular formula is C11H10N2OS. The highest BCUT2D eigenvalue weighted by Gasteiger charge is 2.09. The molecule has 0 spiro atoms. The maximum atomic E-state index is 5.21. The standard InChI is InChI=1S/C11H10N2OS/c1-6-12-10-8-5-7(14-2)3-4-9(8)13-11(10)15-6/h3-5,13H,1-2H3. The third-order valence-corrected chi connectivity index (χ3v) is 3.35. The molecule has 1 N–H and O–H groups in total. The monoisotopic (exact) mass is 218 g/mol. The fraction of sp³-hybridized carbons (Fsp3) is 0.182. The highest BCUT2D eigenvalue weighted by molar-refractivity contribution is 7.18. The summed E-state index contributed by atoms with van der Waals surface area (Å²) >= 11 is 1.68. The maximum absolute atomic E-state index is 5.21. The summed E-state index contributed by atoms with van der Waals surface area (Å²) < 4.78 is 5.21. The van der Waals surface area contributed by atoms with Crippen LogP contribution in [0.25, 0.3) is 21.3 Å². The fourth-order valence-corrected chi connectivity index (χ4v) is 2.62. The molecule has 0 saturated heterocycles. The molecule has 2 heterocycles. The van der Waals surface area contributed by atoms with Crippen LogP contribution in [-0.2, 0) is 0 Å². The van der Waals surface area contributed by atoms with E-state index in [1.54, 1.807) is 18.4 Å². The lowest BCUT2D eigenvalue weighted by molar-refractivity contribution is 0.415. The number of thiazole rings is 1. The van der Waals surface area contributed by atoms with Gasteiger partial charge in [0.25, 0.3) is 0 Å². The normalized spacial score (nSPS) is 11.3. The number of benzene rings is 1. The number of methoxy groups -OCH3 is 1. The number of ether oxygens (including phenoxy) is 1. The van der Waals surface area contributed by atoms with E-state index in [-0.39, 0.29) is 0 Å². The zero-order chi connectivity index (χ0) is 10.4. The van der Waals surface area contributed by atoms with E-state index in [4.69, 9.17) is 4.74 Å². The quantitative estimate of drug-likeness (QED) is 0.681. The molecule has 3 nitrogen and oxygen atoms in total. The van der Waals surface area contributed by atoms with Crippen molar-refractivity contribution < 1.29 is 4.74 Å². The molecular weight excluding hydrogens is 208 g/mol. The van der Waals surface area contributed by atoms with Crippen LogP contribution < -0.4 is 4.74 Å². The van der Waals surface area contributed by atoms with Gasteiger partial charge in [-0.2, -0.15) is 0 Å². The van der Waals surface area contributed by atoms with Gasteiger partial charge in [-0.15, -0.1) is 11.3 Å². The Morgan fingerprint density at radius 2 is 2.27 bits per heavy atom. The summed E-state index contributed by atoms with van der Waals surface area (Å²) in [4.78, 5) is 8.99. The van der Waals surface area contributed by atoms with E-state index in [2.05, 4.69) is 9.97 Å². The number of aromatic amines is 1. The van der Waals surface area contributed by atoms with Gasteiger partial charge in [-0.1, -0.05) is 0 Å². The summed E-state index contributed by atoms with van der Waals surface area (Å²) in [7, 11) is 1.68. The van der Waals surface area contributed by atoms with E-state index in [9.17, 15) is 0 Å². The van der Waals surface area contributed by atoms with Gasteiger partial charge < -0.3 is 9.72 Å². The van der Waals surface area contributed by atoms with Gasteiger partial charge in [0.2, 0.25) is 0 Å². The molecule has 1 aromatic carbocycles. The third-order valence-electron chi connectivity index (χ3n) is 2.46. The minimum Gasteiger partial charge on any atom is -0.497 e. The van der Waals surface area contributed by atoms with Crippen molar-refractivity contribution in [1.82, 2.24) is 9.97 Å². The fourth-order valence-electron chi connectivity index (χ4n) is 1.77. The Hall–Kier alpha value is -1.55. The second-order valence-electron chi connectivity index (χ2n) is 3.45. The van der Waals surface area contributed by atoms with E-state index in [0.29, 0.717) is 0 Å². The Kier molecular flexibility index (Phi) is 1.73. The highest BCUT2D eigenvalue weighted by Crippen LogP contribution is 2.31. The second kappa shape index (κ2) is 2.97. The molecule has 0 unspecified atom stereocenters. The first-order valence-electron chi connectivity index (χ1n) is 4.71. The summed E-state index contributed by atoms with van der Waals surface area (Å²) in [5.41, 5.74) is 2.16. The van der Waals surface area contributed by atoms with Gasteiger partial charge in [0.1, 0.15) is 16.1 Å². The molecule has 3 rings (SSSR count). The molecule has 0 amide bonds. The lowest BCUT2D eigenvalue weighted by Gasteiger charge is -1.97. The predicted octanol–water partition coefficient (Wildman–Crippen LogP) is 3.09. The second-order valence-corrected chi connectivity index (χ2v) is 4.65. The average Bonchev–Trinajstić information content (AvgIpc) is 2.73. The van der Waals surface area contributed by atoms with Crippen LogP contribution in [0.15, 0.2) is 18.2 Å². The number of nitrogens with one attached hydrogen (secondary N) is 1. The van der Waals surface area contributed by atoms with E-state index in [0.717, 1.165) is 32.0 Å². The van der Waals surface area contributed by atoms with Crippen molar-refractivity contribution >= 4 is 32.6 Å². The minimum absolute atomic E-state index is 0.869. The first-order valence-corrected chi connectivity index (χ1v) is 5.52. The third kappa shape index (κ3) is 1.22. The molecule has 0 fully saturated rings. The number of hydrogen-bond donors (Lipinski definition) is 1. The van der Waals surface area contributed by atoms with Crippen LogP contribution in [0, 0.1) is 6.92 Å². The van der Waals surface area contributed by atoms with Crippen LogP contribution in [0.3, 0.4) is 0 Å². The number of aryl methyl sites for hydroxylation is 1. The molecule has 0 atom stereocenters. The number of nitrogens with zero attached hydrogens (tertiary/aromatic N) is 1. The van der Waals surface area contributed by atoms with Crippen molar-refractivity contribution in [2.45, 2.75) is 6.92 Å². The Labute approximate surface area is 90.7 Å². The van der Waals surface area contributed by atoms with E-state index in [1.165, 1.54) is 0 Å². The summed E-state index contributed by atoms with van der Waals surface area (Å²) in [6, 6.07) is 6.00. The van der Waals surface area contributed by atoms with Gasteiger partial charge in [0.15, 0.2) is 0 Å². The molecule has 2 aromatic heterocycles. The first-order chi connectivity index (χ1) is 7.28. The van der Waals surface area contributed by atoms with Gasteiger partial charge in [0, 0.05) is 10.9 Å². The van der Waals surface area contributed by atoms with Gasteiger partial charge in [-0.3, -0.25) is 0 Å². The molecule has 0 aliphatic rings. The molecule has 76 valence electrons. The van der Waals surface area contributed by atoms with Crippen LogP contribution in [0.2, 0.25) is 0 Å². The lowest BCUT2D eigenvalue weighted by Crippen LogP contribution is -1.81. The maximum Gasteiger partial charge on any atom is 0.121 e. The summed E-state index contributed by atoms with van der Waals surface area (Å²) in [5, 5.41) is 2.22. The molecule has 15 heavy (non-hydrogen) atoms. The van der Waals surface area contributed by atoms with Crippen molar-refractivity contribution in [2.75, 3.05) is 7.11 Å². The van der Waals surface area contributed by atoms with Gasteiger partial charge >= 0.3 is 0 Å². The molecule has 0 radical (unpaired) electrons. The van der Waals surface area contributed by atoms with Crippen LogP contribution in [0.4, 0.5) is 0 Å². The molecule has 0 aliphatic carbocycles. The first kappa shape index (κ1) is 8.73. The summed E-state index contributed by atoms with van der Waals surface area (Å²) in [6.07, 6.45) is 0. The van der Waals surface area contributed by atoms with E-state index < -0.39 is 0 Å². The Morgan fingerprint density at radius 1 is 1.40 bits per heavy atom. The van der Waals surface area contributed by atoms with Crippen molar-refractivity contribution in [2.24, 2.45) is 0 Å².